The highest BCUT2D eigenvalue weighted by molar-refractivity contribution is 5.90. The van der Waals surface area contributed by atoms with E-state index in [4.69, 9.17) is 10.8 Å². The molecule has 0 amide bonds. The minimum atomic E-state index is -1.19. The molecule has 1 heterocycles. The van der Waals surface area contributed by atoms with Gasteiger partial charge in [-0.2, -0.15) is 0 Å². The number of carbonyl (C=O) groups is 2. The molecule has 0 saturated heterocycles. The highest BCUT2D eigenvalue weighted by Gasteiger charge is 2.13. The number of anilines is 1. The Morgan fingerprint density at radius 3 is 2.71 bits per heavy atom. The molecule has 0 aliphatic carbocycles. The summed E-state index contributed by atoms with van der Waals surface area (Å²) in [5, 5.41) is 8.28. The molecule has 6 heteroatoms. The van der Waals surface area contributed by atoms with Crippen LogP contribution < -0.4 is 5.73 Å². The van der Waals surface area contributed by atoms with E-state index in [9.17, 15) is 9.59 Å². The molecule has 0 atom stereocenters. The molecule has 0 saturated carbocycles. The fourth-order valence-corrected chi connectivity index (χ4v) is 0.994. The van der Waals surface area contributed by atoms with Gasteiger partial charge in [0.15, 0.2) is 6.61 Å². The molecule has 0 aliphatic rings. The summed E-state index contributed by atoms with van der Waals surface area (Å²) in [7, 11) is 1.62. The molecular formula is C8H10N2O4. The number of hydrogen-bond donors (Lipinski definition) is 2. The number of hydrogen-bond acceptors (Lipinski definition) is 4. The largest absolute Gasteiger partial charge is 0.479 e. The molecule has 0 spiro atoms. The molecule has 0 radical (unpaired) electrons. The van der Waals surface area contributed by atoms with E-state index in [-0.39, 0.29) is 5.69 Å². The summed E-state index contributed by atoms with van der Waals surface area (Å²) in [5.41, 5.74) is 6.08. The maximum absolute atomic E-state index is 11.2. The van der Waals surface area contributed by atoms with Crippen LogP contribution in [0.4, 0.5) is 5.69 Å². The molecular weight excluding hydrogens is 188 g/mol. The predicted octanol–water partition coefficient (Wildman–Crippen LogP) is -0.151. The maximum Gasteiger partial charge on any atom is 0.355 e. The lowest BCUT2D eigenvalue weighted by molar-refractivity contribution is -0.140. The van der Waals surface area contributed by atoms with Gasteiger partial charge in [0.25, 0.3) is 0 Å². The van der Waals surface area contributed by atoms with Crippen LogP contribution in [-0.2, 0) is 16.6 Å². The van der Waals surface area contributed by atoms with E-state index < -0.39 is 18.5 Å². The number of aryl methyl sites for hydroxylation is 1. The fourth-order valence-electron chi connectivity index (χ4n) is 0.994. The molecule has 0 bridgehead atoms. The van der Waals surface area contributed by atoms with Crippen molar-refractivity contribution in [2.24, 2.45) is 7.05 Å². The summed E-state index contributed by atoms with van der Waals surface area (Å²) < 4.78 is 5.94. The van der Waals surface area contributed by atoms with Crippen molar-refractivity contribution in [3.63, 3.8) is 0 Å². The monoisotopic (exact) mass is 198 g/mol. The molecule has 3 N–H and O–H groups in total. The number of nitrogen functional groups attached to an aromatic ring is 1. The van der Waals surface area contributed by atoms with Gasteiger partial charge in [0.2, 0.25) is 0 Å². The molecule has 14 heavy (non-hydrogen) atoms. The summed E-state index contributed by atoms with van der Waals surface area (Å²) in [5.74, 6) is -1.90. The number of rotatable bonds is 3. The average Bonchev–Trinajstić information content (AvgIpc) is 2.41. The van der Waals surface area contributed by atoms with Crippen LogP contribution in [0.5, 0.6) is 0 Å². The maximum atomic E-state index is 11.2. The second-order valence-corrected chi connectivity index (χ2v) is 2.74. The normalized spacial score (nSPS) is 9.79. The first-order valence-electron chi connectivity index (χ1n) is 3.81. The van der Waals surface area contributed by atoms with Crippen molar-refractivity contribution in [1.82, 2.24) is 4.57 Å². The van der Waals surface area contributed by atoms with E-state index in [0.29, 0.717) is 5.69 Å². The zero-order valence-electron chi connectivity index (χ0n) is 7.56. The van der Waals surface area contributed by atoms with Crippen LogP contribution in [0.25, 0.3) is 0 Å². The number of carboxylic acid groups (broad SMARTS) is 1. The number of aromatic nitrogens is 1. The van der Waals surface area contributed by atoms with Gasteiger partial charge in [-0.25, -0.2) is 9.59 Å². The van der Waals surface area contributed by atoms with Crippen molar-refractivity contribution in [2.45, 2.75) is 0 Å². The smallest absolute Gasteiger partial charge is 0.355 e. The Labute approximate surface area is 79.9 Å². The Hall–Kier alpha value is -1.98. The lowest BCUT2D eigenvalue weighted by atomic mass is 10.4. The summed E-state index contributed by atoms with van der Waals surface area (Å²) in [6, 6.07) is 1.42. The van der Waals surface area contributed by atoms with Crippen LogP contribution in [0.3, 0.4) is 0 Å². The number of nitrogens with two attached hydrogens (primary N) is 1. The molecule has 0 unspecified atom stereocenters. The molecule has 76 valence electrons. The molecule has 1 aromatic rings. The summed E-state index contributed by atoms with van der Waals surface area (Å²) in [4.78, 5) is 21.3. The van der Waals surface area contributed by atoms with E-state index in [1.807, 2.05) is 0 Å². The van der Waals surface area contributed by atoms with Crippen molar-refractivity contribution >= 4 is 17.6 Å². The van der Waals surface area contributed by atoms with Gasteiger partial charge in [-0.1, -0.05) is 0 Å². The predicted molar refractivity (Wildman–Crippen MR) is 47.7 cm³/mol. The SMILES string of the molecule is Cn1cc(N)cc1C(=O)OCC(=O)O. The Morgan fingerprint density at radius 1 is 1.64 bits per heavy atom. The lowest BCUT2D eigenvalue weighted by Gasteiger charge is -2.01. The Bertz CT molecular complexity index is 369. The van der Waals surface area contributed by atoms with Crippen LogP contribution in [0.1, 0.15) is 10.5 Å². The first kappa shape index (κ1) is 10.1. The molecule has 0 fully saturated rings. The highest BCUT2D eigenvalue weighted by Crippen LogP contribution is 2.09. The first-order valence-corrected chi connectivity index (χ1v) is 3.81. The van der Waals surface area contributed by atoms with Crippen LogP contribution in [-0.4, -0.2) is 28.2 Å². The van der Waals surface area contributed by atoms with E-state index in [1.165, 1.54) is 16.8 Å². The van der Waals surface area contributed by atoms with Gasteiger partial charge in [0.05, 0.1) is 5.69 Å². The van der Waals surface area contributed by atoms with Gasteiger partial charge in [0.1, 0.15) is 5.69 Å². The highest BCUT2D eigenvalue weighted by atomic mass is 16.5. The third kappa shape index (κ3) is 2.25. The molecule has 0 aliphatic heterocycles. The average molecular weight is 198 g/mol. The lowest BCUT2D eigenvalue weighted by Crippen LogP contribution is -2.15. The van der Waals surface area contributed by atoms with Crippen LogP contribution in [0.15, 0.2) is 12.3 Å². The quantitative estimate of drug-likeness (QED) is 0.658. The standard InChI is InChI=1S/C8H10N2O4/c1-10-3-5(9)2-6(10)8(13)14-4-7(11)12/h2-3H,4,9H2,1H3,(H,11,12). The van der Waals surface area contributed by atoms with Crippen LogP contribution in [0, 0.1) is 0 Å². The summed E-state index contributed by atoms with van der Waals surface area (Å²) >= 11 is 0. The third-order valence-electron chi connectivity index (χ3n) is 1.56. The first-order chi connectivity index (χ1) is 6.50. The van der Waals surface area contributed by atoms with Crippen LogP contribution in [0.2, 0.25) is 0 Å². The van der Waals surface area contributed by atoms with Crippen molar-refractivity contribution in [3.05, 3.63) is 18.0 Å². The topological polar surface area (TPSA) is 94.5 Å². The second kappa shape index (κ2) is 3.82. The number of aliphatic carboxylic acids is 1. The Morgan fingerprint density at radius 2 is 2.29 bits per heavy atom. The minimum Gasteiger partial charge on any atom is -0.479 e. The number of nitrogens with zero attached hydrogens (tertiary/aromatic N) is 1. The van der Waals surface area contributed by atoms with E-state index in [0.717, 1.165) is 0 Å². The van der Waals surface area contributed by atoms with Gasteiger partial charge in [-0.3, -0.25) is 0 Å². The Kier molecular flexibility index (Phi) is 2.76. The van der Waals surface area contributed by atoms with Crippen LogP contribution >= 0.6 is 0 Å². The fraction of sp³-hybridized carbons (Fsp3) is 0.250. The summed E-state index contributed by atoms with van der Waals surface area (Å²) in [6.07, 6.45) is 1.54. The molecule has 0 aromatic carbocycles. The Balaban J connectivity index is 2.69. The zero-order chi connectivity index (χ0) is 10.7. The van der Waals surface area contributed by atoms with Crippen molar-refractivity contribution < 1.29 is 19.4 Å². The van der Waals surface area contributed by atoms with Gasteiger partial charge in [-0.15, -0.1) is 0 Å². The second-order valence-electron chi connectivity index (χ2n) is 2.74. The third-order valence-corrected chi connectivity index (χ3v) is 1.56. The van der Waals surface area contributed by atoms with Gasteiger partial charge in [0, 0.05) is 13.2 Å². The molecule has 6 nitrogen and oxygen atoms in total. The van der Waals surface area contributed by atoms with Crippen molar-refractivity contribution in [1.29, 1.82) is 0 Å². The molecule has 1 rings (SSSR count). The zero-order valence-corrected chi connectivity index (χ0v) is 7.56. The van der Waals surface area contributed by atoms with E-state index >= 15 is 0 Å². The number of esters is 1. The van der Waals surface area contributed by atoms with Crippen molar-refractivity contribution in [2.75, 3.05) is 12.3 Å². The van der Waals surface area contributed by atoms with Gasteiger partial charge in [-0.05, 0) is 6.07 Å². The number of carbonyl (C=O) groups excluding carboxylic acids is 1. The number of carboxylic acids is 1. The van der Waals surface area contributed by atoms with Gasteiger partial charge < -0.3 is 20.1 Å². The summed E-state index contributed by atoms with van der Waals surface area (Å²) in [6.45, 7) is -0.649. The van der Waals surface area contributed by atoms with Gasteiger partial charge >= 0.3 is 11.9 Å². The van der Waals surface area contributed by atoms with E-state index in [2.05, 4.69) is 4.74 Å². The minimum absolute atomic E-state index is 0.226. The molecule has 1 aromatic heterocycles. The number of ether oxygens (including phenoxy) is 1. The van der Waals surface area contributed by atoms with Crippen molar-refractivity contribution in [3.8, 4) is 0 Å². The van der Waals surface area contributed by atoms with E-state index in [1.54, 1.807) is 7.05 Å².